The van der Waals surface area contributed by atoms with Crippen molar-refractivity contribution in [3.05, 3.63) is 58.6 Å². The summed E-state index contributed by atoms with van der Waals surface area (Å²) in [5.74, 6) is 0.810. The van der Waals surface area contributed by atoms with Gasteiger partial charge in [0.25, 0.3) is 5.69 Å². The molecule has 0 saturated heterocycles. The predicted octanol–water partition coefficient (Wildman–Crippen LogP) is 2.96. The van der Waals surface area contributed by atoms with E-state index in [1.807, 2.05) is 24.3 Å². The highest BCUT2D eigenvalue weighted by atomic mass is 16.6. The van der Waals surface area contributed by atoms with Crippen molar-refractivity contribution in [3.8, 4) is 11.4 Å². The largest absolute Gasteiger partial charge is 0.330 e. The first-order valence-electron chi connectivity index (χ1n) is 7.11. The zero-order chi connectivity index (χ0) is 15.5. The van der Waals surface area contributed by atoms with E-state index in [-0.39, 0.29) is 5.69 Å². The number of nitrogens with two attached hydrogens (primary N) is 1. The summed E-state index contributed by atoms with van der Waals surface area (Å²) in [5.41, 5.74) is 8.52. The molecule has 0 fully saturated rings. The van der Waals surface area contributed by atoms with E-state index in [0.717, 1.165) is 35.4 Å². The molecule has 0 saturated carbocycles. The van der Waals surface area contributed by atoms with E-state index in [1.54, 1.807) is 12.1 Å². The predicted molar refractivity (Wildman–Crippen MR) is 85.5 cm³/mol. The Balaban J connectivity index is 2.10. The van der Waals surface area contributed by atoms with Gasteiger partial charge in [0.2, 0.25) is 0 Å². The summed E-state index contributed by atoms with van der Waals surface area (Å²) < 4.78 is 2.11. The van der Waals surface area contributed by atoms with Gasteiger partial charge in [-0.05, 0) is 37.2 Å². The molecule has 0 aliphatic rings. The summed E-state index contributed by atoms with van der Waals surface area (Å²) in [6, 6.07) is 14.4. The zero-order valence-corrected chi connectivity index (χ0v) is 12.0. The summed E-state index contributed by atoms with van der Waals surface area (Å²) in [7, 11) is 0. The number of hydrogen-bond acceptors (Lipinski definition) is 4. The highest BCUT2D eigenvalue weighted by Crippen LogP contribution is 2.26. The molecule has 0 unspecified atom stereocenters. The Kier molecular flexibility index (Phi) is 3.84. The van der Waals surface area contributed by atoms with Gasteiger partial charge >= 0.3 is 0 Å². The molecule has 6 heteroatoms. The molecule has 0 bridgehead atoms. The van der Waals surface area contributed by atoms with E-state index in [9.17, 15) is 10.1 Å². The van der Waals surface area contributed by atoms with Crippen LogP contribution in [0.4, 0.5) is 5.69 Å². The van der Waals surface area contributed by atoms with Crippen LogP contribution in [-0.2, 0) is 6.54 Å². The summed E-state index contributed by atoms with van der Waals surface area (Å²) in [5, 5.41) is 10.8. The van der Waals surface area contributed by atoms with Gasteiger partial charge in [0, 0.05) is 24.2 Å². The van der Waals surface area contributed by atoms with Crippen LogP contribution in [0.25, 0.3) is 22.4 Å². The summed E-state index contributed by atoms with van der Waals surface area (Å²) in [6.45, 7) is 1.37. The van der Waals surface area contributed by atoms with Gasteiger partial charge in [-0.1, -0.05) is 12.1 Å². The highest BCUT2D eigenvalue weighted by Gasteiger charge is 2.13. The lowest BCUT2D eigenvalue weighted by Crippen LogP contribution is -2.07. The smallest absolute Gasteiger partial charge is 0.269 e. The normalized spacial score (nSPS) is 11.0. The van der Waals surface area contributed by atoms with Crippen LogP contribution >= 0.6 is 0 Å². The van der Waals surface area contributed by atoms with Gasteiger partial charge in [-0.3, -0.25) is 10.1 Å². The number of para-hydroxylation sites is 2. The van der Waals surface area contributed by atoms with Crippen LogP contribution in [0.2, 0.25) is 0 Å². The second kappa shape index (κ2) is 5.95. The first-order valence-corrected chi connectivity index (χ1v) is 7.11. The van der Waals surface area contributed by atoms with Gasteiger partial charge in [0.1, 0.15) is 5.82 Å². The van der Waals surface area contributed by atoms with Crippen LogP contribution in [0.1, 0.15) is 6.42 Å². The Hall–Kier alpha value is -2.73. The lowest BCUT2D eigenvalue weighted by atomic mass is 10.2. The molecule has 0 radical (unpaired) electrons. The van der Waals surface area contributed by atoms with Crippen molar-refractivity contribution in [3.63, 3.8) is 0 Å². The van der Waals surface area contributed by atoms with Gasteiger partial charge in [-0.25, -0.2) is 4.98 Å². The minimum atomic E-state index is -0.402. The molecule has 0 aliphatic carbocycles. The number of hydrogen-bond donors (Lipinski definition) is 1. The number of imidazole rings is 1. The Bertz CT molecular complexity index is 809. The maximum absolute atomic E-state index is 10.8. The molecule has 0 spiro atoms. The van der Waals surface area contributed by atoms with Crippen molar-refractivity contribution in [2.75, 3.05) is 6.54 Å². The number of aryl methyl sites for hydroxylation is 1. The van der Waals surface area contributed by atoms with Gasteiger partial charge in [0.15, 0.2) is 0 Å². The Labute approximate surface area is 127 Å². The number of nitro benzene ring substituents is 1. The third-order valence-corrected chi connectivity index (χ3v) is 3.58. The molecule has 2 N–H and O–H groups in total. The van der Waals surface area contributed by atoms with E-state index < -0.39 is 4.92 Å². The number of fused-ring (bicyclic) bond motifs is 1. The molecule has 112 valence electrons. The molecule has 3 aromatic rings. The van der Waals surface area contributed by atoms with Crippen molar-refractivity contribution in [2.24, 2.45) is 5.73 Å². The molecular formula is C16H16N4O2. The van der Waals surface area contributed by atoms with Crippen molar-refractivity contribution in [1.82, 2.24) is 9.55 Å². The van der Waals surface area contributed by atoms with Crippen LogP contribution in [-0.4, -0.2) is 21.0 Å². The summed E-state index contributed by atoms with van der Waals surface area (Å²) in [6.07, 6.45) is 0.848. The number of rotatable bonds is 5. The van der Waals surface area contributed by atoms with Crippen LogP contribution < -0.4 is 5.73 Å². The average Bonchev–Trinajstić information content (AvgIpc) is 2.91. The highest BCUT2D eigenvalue weighted by molar-refractivity contribution is 5.80. The molecular weight excluding hydrogens is 280 g/mol. The van der Waals surface area contributed by atoms with Gasteiger partial charge < -0.3 is 10.3 Å². The van der Waals surface area contributed by atoms with Crippen LogP contribution in [0.5, 0.6) is 0 Å². The monoisotopic (exact) mass is 296 g/mol. The van der Waals surface area contributed by atoms with Crippen molar-refractivity contribution >= 4 is 16.7 Å². The Morgan fingerprint density at radius 3 is 2.55 bits per heavy atom. The van der Waals surface area contributed by atoms with Crippen LogP contribution in [0, 0.1) is 10.1 Å². The molecule has 0 atom stereocenters. The first-order chi connectivity index (χ1) is 10.7. The lowest BCUT2D eigenvalue weighted by molar-refractivity contribution is -0.384. The first kappa shape index (κ1) is 14.2. The molecule has 6 nitrogen and oxygen atoms in total. The van der Waals surface area contributed by atoms with Gasteiger partial charge in [-0.2, -0.15) is 0 Å². The van der Waals surface area contributed by atoms with Gasteiger partial charge in [0.05, 0.1) is 16.0 Å². The van der Waals surface area contributed by atoms with Crippen molar-refractivity contribution in [2.45, 2.75) is 13.0 Å². The van der Waals surface area contributed by atoms with Crippen LogP contribution in [0.15, 0.2) is 48.5 Å². The maximum Gasteiger partial charge on any atom is 0.269 e. The lowest BCUT2D eigenvalue weighted by Gasteiger charge is -2.08. The number of benzene rings is 2. The fourth-order valence-electron chi connectivity index (χ4n) is 2.50. The number of nitro groups is 1. The van der Waals surface area contributed by atoms with E-state index in [1.165, 1.54) is 12.1 Å². The third-order valence-electron chi connectivity index (χ3n) is 3.58. The quantitative estimate of drug-likeness (QED) is 0.579. The van der Waals surface area contributed by atoms with Crippen molar-refractivity contribution in [1.29, 1.82) is 0 Å². The maximum atomic E-state index is 10.8. The van der Waals surface area contributed by atoms with Gasteiger partial charge in [-0.15, -0.1) is 0 Å². The van der Waals surface area contributed by atoms with E-state index >= 15 is 0 Å². The summed E-state index contributed by atoms with van der Waals surface area (Å²) in [4.78, 5) is 15.0. The summed E-state index contributed by atoms with van der Waals surface area (Å²) >= 11 is 0. The van der Waals surface area contributed by atoms with E-state index in [2.05, 4.69) is 9.55 Å². The van der Waals surface area contributed by atoms with E-state index in [0.29, 0.717) is 6.54 Å². The molecule has 22 heavy (non-hydrogen) atoms. The minimum absolute atomic E-state index is 0.0772. The number of aromatic nitrogens is 2. The second-order valence-corrected chi connectivity index (χ2v) is 5.02. The standard InChI is InChI=1S/C16H16N4O2/c17-10-3-11-19-15-5-2-1-4-14(15)18-16(19)12-6-8-13(9-7-12)20(21)22/h1-2,4-9H,3,10-11,17H2. The Morgan fingerprint density at radius 2 is 1.86 bits per heavy atom. The SMILES string of the molecule is NCCCn1c(-c2ccc([N+](=O)[O-])cc2)nc2ccccc21. The molecule has 0 aliphatic heterocycles. The molecule has 3 rings (SSSR count). The number of non-ortho nitro benzene ring substituents is 1. The fourth-order valence-corrected chi connectivity index (χ4v) is 2.50. The van der Waals surface area contributed by atoms with Crippen LogP contribution in [0.3, 0.4) is 0 Å². The number of nitrogens with zero attached hydrogens (tertiary/aromatic N) is 3. The zero-order valence-electron chi connectivity index (χ0n) is 12.0. The second-order valence-electron chi connectivity index (χ2n) is 5.02. The minimum Gasteiger partial charge on any atom is -0.330 e. The Morgan fingerprint density at radius 1 is 1.14 bits per heavy atom. The third kappa shape index (κ3) is 2.56. The molecule has 0 amide bonds. The van der Waals surface area contributed by atoms with Crippen molar-refractivity contribution < 1.29 is 4.92 Å². The topological polar surface area (TPSA) is 87.0 Å². The molecule has 1 aromatic heterocycles. The molecule has 2 aromatic carbocycles. The average molecular weight is 296 g/mol. The van der Waals surface area contributed by atoms with E-state index in [4.69, 9.17) is 5.73 Å². The fraction of sp³-hybridized carbons (Fsp3) is 0.188. The molecule has 1 heterocycles.